The van der Waals surface area contributed by atoms with Gasteiger partial charge in [0.15, 0.2) is 0 Å². The molecule has 4 N–H and O–H groups in total. The van der Waals surface area contributed by atoms with Crippen LogP contribution in [0.15, 0.2) is 72.8 Å². The van der Waals surface area contributed by atoms with E-state index in [1.165, 1.54) is 53.4 Å². The van der Waals surface area contributed by atoms with Crippen LogP contribution in [0.4, 0.5) is 22.7 Å². The Bertz CT molecular complexity index is 1980. The molecule has 0 heterocycles. The van der Waals surface area contributed by atoms with Gasteiger partial charge >= 0.3 is 23.9 Å². The number of rotatable bonds is 15. The van der Waals surface area contributed by atoms with Gasteiger partial charge in [0.25, 0.3) is 0 Å². The molecule has 0 fully saturated rings. The lowest BCUT2D eigenvalue weighted by molar-refractivity contribution is 0.0591. The van der Waals surface area contributed by atoms with Crippen LogP contribution in [0.1, 0.15) is 116 Å². The van der Waals surface area contributed by atoms with Gasteiger partial charge in [0.2, 0.25) is 0 Å². The molecular weight excluding hydrogens is 761 g/mol. The van der Waals surface area contributed by atoms with Crippen LogP contribution in [0.2, 0.25) is 0 Å². The van der Waals surface area contributed by atoms with Gasteiger partial charge in [-0.05, 0) is 111 Å². The molecule has 0 bridgehead atoms. The lowest BCUT2D eigenvalue weighted by Crippen LogP contribution is -2.20. The van der Waals surface area contributed by atoms with E-state index in [0.717, 1.165) is 58.8 Å². The van der Waals surface area contributed by atoms with E-state index in [-0.39, 0.29) is 17.9 Å². The Kier molecular flexibility index (Phi) is 23.9. The summed E-state index contributed by atoms with van der Waals surface area (Å²) in [6, 6.07) is 21.9. The molecule has 0 aliphatic heterocycles. The molecule has 0 aliphatic rings. The van der Waals surface area contributed by atoms with E-state index >= 15 is 0 Å². The van der Waals surface area contributed by atoms with Gasteiger partial charge < -0.3 is 40.2 Å². The first-order valence-corrected chi connectivity index (χ1v) is 20.3. The molecular formula is C48H68N4O8. The fourth-order valence-corrected chi connectivity index (χ4v) is 6.30. The molecule has 4 aromatic rings. The number of nitrogens with one attached hydrogen (secondary N) is 1. The molecule has 328 valence electrons. The van der Waals surface area contributed by atoms with Crippen LogP contribution in [-0.2, 0) is 14.2 Å². The van der Waals surface area contributed by atoms with Gasteiger partial charge in [-0.3, -0.25) is 0 Å². The summed E-state index contributed by atoms with van der Waals surface area (Å²) in [6.45, 7) is 13.9. The Morgan fingerprint density at radius 1 is 0.567 bits per heavy atom. The fraction of sp³-hybridized carbons (Fsp3) is 0.417. The number of anilines is 4. The highest BCUT2D eigenvalue weighted by Gasteiger charge is 2.15. The zero-order valence-electron chi connectivity index (χ0n) is 37.9. The van der Waals surface area contributed by atoms with E-state index in [4.69, 9.17) is 15.6 Å². The van der Waals surface area contributed by atoms with Crippen molar-refractivity contribution >= 4 is 46.6 Å². The summed E-state index contributed by atoms with van der Waals surface area (Å²) in [4.78, 5) is 49.4. The van der Waals surface area contributed by atoms with Gasteiger partial charge in [-0.25, -0.2) is 19.2 Å². The maximum absolute atomic E-state index is 11.6. The first-order chi connectivity index (χ1) is 28.6. The number of nitrogen functional groups attached to an aromatic ring is 1. The number of nitrogens with two attached hydrogens (primary N) is 1. The van der Waals surface area contributed by atoms with E-state index in [2.05, 4.69) is 45.5 Å². The number of carbonyl (C=O) groups excluding carboxylic acids is 3. The van der Waals surface area contributed by atoms with Gasteiger partial charge in [0, 0.05) is 57.0 Å². The molecule has 0 spiro atoms. The number of benzene rings is 4. The van der Waals surface area contributed by atoms with Gasteiger partial charge in [0.1, 0.15) is 0 Å². The number of carbonyl (C=O) groups is 4. The molecule has 0 atom stereocenters. The number of carboxylic acid groups (broad SMARTS) is 1. The van der Waals surface area contributed by atoms with Crippen molar-refractivity contribution in [2.75, 3.05) is 76.4 Å². The second kappa shape index (κ2) is 27.6. The smallest absolute Gasteiger partial charge is 0.338 e. The summed E-state index contributed by atoms with van der Waals surface area (Å²) in [6.07, 6.45) is 7.18. The van der Waals surface area contributed by atoms with Crippen molar-refractivity contribution in [2.24, 2.45) is 0 Å². The predicted molar refractivity (Wildman–Crippen MR) is 245 cm³/mol. The fourth-order valence-electron chi connectivity index (χ4n) is 6.30. The van der Waals surface area contributed by atoms with Crippen molar-refractivity contribution in [3.8, 4) is 0 Å². The molecule has 0 radical (unpaired) electrons. The maximum Gasteiger partial charge on any atom is 0.338 e. The van der Waals surface area contributed by atoms with Crippen LogP contribution in [0.3, 0.4) is 0 Å². The van der Waals surface area contributed by atoms with Gasteiger partial charge in [-0.2, -0.15) is 0 Å². The molecule has 0 aliphatic carbocycles. The van der Waals surface area contributed by atoms with Crippen LogP contribution < -0.4 is 20.9 Å². The van der Waals surface area contributed by atoms with Gasteiger partial charge in [-0.1, -0.05) is 63.8 Å². The summed E-state index contributed by atoms with van der Waals surface area (Å²) in [7, 11) is 10.1. The predicted octanol–water partition coefficient (Wildman–Crippen LogP) is 9.91. The molecule has 0 saturated carbocycles. The maximum atomic E-state index is 11.6. The minimum absolute atomic E-state index is 0.267. The molecule has 4 rings (SSSR count). The minimum Gasteiger partial charge on any atom is -0.478 e. The molecule has 0 amide bonds. The summed E-state index contributed by atoms with van der Waals surface area (Å²) in [5.74, 6) is -1.77. The zero-order valence-corrected chi connectivity index (χ0v) is 37.9. The largest absolute Gasteiger partial charge is 0.478 e. The summed E-state index contributed by atoms with van der Waals surface area (Å²) < 4.78 is 14.0. The van der Waals surface area contributed by atoms with Crippen LogP contribution in [0, 0.1) is 27.7 Å². The van der Waals surface area contributed by atoms with Gasteiger partial charge in [-0.15, -0.1) is 0 Å². The van der Waals surface area contributed by atoms with Crippen molar-refractivity contribution in [3.63, 3.8) is 0 Å². The zero-order chi connectivity index (χ0) is 45.4. The molecule has 12 nitrogen and oxygen atoms in total. The third-order valence-electron chi connectivity index (χ3n) is 10.1. The van der Waals surface area contributed by atoms with Crippen LogP contribution >= 0.6 is 0 Å². The number of esters is 3. The Labute approximate surface area is 358 Å². The topological polar surface area (TPSA) is 161 Å². The SMILES string of the molecule is CCCCCN(C)c1cccc(C(=O)O)c1C.CCCCCN(C)c1cccc(C(=O)OC)c1C.CNc1cccc(C(=O)OC)c1C.COC(=O)c1cccc(N)c1C. The van der Waals surface area contributed by atoms with Crippen molar-refractivity contribution in [2.45, 2.75) is 80.1 Å². The molecule has 12 heteroatoms. The summed E-state index contributed by atoms with van der Waals surface area (Å²) in [5, 5.41) is 12.1. The Morgan fingerprint density at radius 3 is 1.33 bits per heavy atom. The van der Waals surface area contributed by atoms with E-state index in [1.807, 2.05) is 77.3 Å². The van der Waals surface area contributed by atoms with Crippen molar-refractivity contribution < 1.29 is 38.5 Å². The number of unbranched alkanes of at least 4 members (excludes halogenated alkanes) is 4. The van der Waals surface area contributed by atoms with Crippen molar-refractivity contribution in [3.05, 3.63) is 117 Å². The average molecular weight is 829 g/mol. The van der Waals surface area contributed by atoms with Crippen LogP contribution in [0.5, 0.6) is 0 Å². The third kappa shape index (κ3) is 16.0. The molecule has 0 aromatic heterocycles. The van der Waals surface area contributed by atoms with Crippen LogP contribution in [0.25, 0.3) is 0 Å². The van der Waals surface area contributed by atoms with Crippen molar-refractivity contribution in [1.29, 1.82) is 0 Å². The van der Waals surface area contributed by atoms with Crippen LogP contribution in [-0.4, -0.2) is 84.5 Å². The first-order valence-electron chi connectivity index (χ1n) is 20.3. The minimum atomic E-state index is -0.855. The number of hydrogen-bond acceptors (Lipinski definition) is 11. The van der Waals surface area contributed by atoms with Crippen molar-refractivity contribution in [1.82, 2.24) is 0 Å². The Morgan fingerprint density at radius 2 is 0.933 bits per heavy atom. The molecule has 0 saturated heterocycles. The summed E-state index contributed by atoms with van der Waals surface area (Å²) in [5.41, 5.74) is 15.0. The standard InChI is InChI=1S/C15H23NO2.C14H21NO2.C10H13NO2.C9H11NO2/c1-5-6-7-11-16(3)14-10-8-9-13(12(14)2)15(17)18-4;1-4-5-6-10-15(3)13-9-7-8-12(11(13)2)14(16)17;1-7-8(10(12)13-3)5-4-6-9(7)11-2;1-6-7(9(11)12-2)4-3-5-8(6)10/h8-10H,5-7,11H2,1-4H3;7-9H,4-6,10H2,1-3H3,(H,16,17);4-6,11H,1-3H3;3-5H,10H2,1-2H3. The van der Waals surface area contributed by atoms with E-state index in [0.29, 0.717) is 27.9 Å². The quantitative estimate of drug-likeness (QED) is 0.0451. The number of carboxylic acids is 1. The normalized spacial score (nSPS) is 9.93. The highest BCUT2D eigenvalue weighted by Crippen LogP contribution is 2.24. The molecule has 60 heavy (non-hydrogen) atoms. The lowest BCUT2D eigenvalue weighted by Gasteiger charge is -2.22. The highest BCUT2D eigenvalue weighted by atomic mass is 16.5. The Hall–Kier alpha value is -6.04. The molecule has 0 unspecified atom stereocenters. The number of hydrogen-bond donors (Lipinski definition) is 3. The van der Waals surface area contributed by atoms with E-state index in [1.54, 1.807) is 37.3 Å². The van der Waals surface area contributed by atoms with E-state index in [9.17, 15) is 19.2 Å². The molecule has 4 aromatic carbocycles. The summed E-state index contributed by atoms with van der Waals surface area (Å²) >= 11 is 0. The number of aromatic carboxylic acids is 1. The second-order valence-corrected chi connectivity index (χ2v) is 14.2. The number of ether oxygens (including phenoxy) is 3. The Balaban J connectivity index is 0.000000405. The second-order valence-electron chi connectivity index (χ2n) is 14.2. The number of methoxy groups -OCH3 is 3. The number of nitrogens with zero attached hydrogens (tertiary/aromatic N) is 2. The third-order valence-corrected chi connectivity index (χ3v) is 10.1. The monoisotopic (exact) mass is 829 g/mol. The van der Waals surface area contributed by atoms with E-state index < -0.39 is 5.97 Å². The average Bonchev–Trinajstić information content (AvgIpc) is 3.24. The first kappa shape index (κ1) is 52.0. The lowest BCUT2D eigenvalue weighted by atomic mass is 10.1. The van der Waals surface area contributed by atoms with Gasteiger partial charge in [0.05, 0.1) is 43.6 Å². The highest BCUT2D eigenvalue weighted by molar-refractivity contribution is 5.94.